The number of esters is 1. The summed E-state index contributed by atoms with van der Waals surface area (Å²) in [5.41, 5.74) is 1.16. The largest absolute Gasteiger partial charge is 0.452 e. The van der Waals surface area contributed by atoms with Crippen molar-refractivity contribution < 1.29 is 14.3 Å². The third-order valence-corrected chi connectivity index (χ3v) is 3.47. The molecule has 7 nitrogen and oxygen atoms in total. The van der Waals surface area contributed by atoms with E-state index < -0.39 is 5.97 Å². The maximum absolute atomic E-state index is 11.9. The molecule has 2 rings (SSSR count). The topological polar surface area (TPSA) is 86.1 Å². The molecular formula is C16H20N4O3. The molecular weight excluding hydrogens is 296 g/mol. The molecule has 0 fully saturated rings. The van der Waals surface area contributed by atoms with E-state index in [1.165, 1.54) is 6.33 Å². The molecule has 1 N–H and O–H groups in total. The van der Waals surface area contributed by atoms with Crippen LogP contribution in [0.3, 0.4) is 0 Å². The number of nitrogens with zero attached hydrogens (tertiary/aromatic N) is 3. The number of hydrogen-bond acceptors (Lipinski definition) is 5. The molecule has 1 aromatic carbocycles. The predicted octanol–water partition coefficient (Wildman–Crippen LogP) is 1.73. The van der Waals surface area contributed by atoms with E-state index in [0.29, 0.717) is 5.56 Å². The molecule has 0 radical (unpaired) electrons. The molecule has 0 aliphatic carbocycles. The fourth-order valence-corrected chi connectivity index (χ4v) is 2.07. The second kappa shape index (κ2) is 8.07. The summed E-state index contributed by atoms with van der Waals surface area (Å²) in [5.74, 6) is -0.818. The summed E-state index contributed by atoms with van der Waals surface area (Å²) < 4.78 is 6.61. The van der Waals surface area contributed by atoms with E-state index in [2.05, 4.69) is 15.4 Å². The van der Waals surface area contributed by atoms with Gasteiger partial charge in [0.05, 0.1) is 11.3 Å². The van der Waals surface area contributed by atoms with Crippen molar-refractivity contribution in [1.29, 1.82) is 0 Å². The zero-order valence-corrected chi connectivity index (χ0v) is 13.2. The first kappa shape index (κ1) is 16.7. The van der Waals surface area contributed by atoms with Gasteiger partial charge in [0.2, 0.25) is 0 Å². The Kier molecular flexibility index (Phi) is 5.85. The molecule has 1 aromatic heterocycles. The smallest absolute Gasteiger partial charge is 0.338 e. The average Bonchev–Trinajstić information content (AvgIpc) is 3.12. The van der Waals surface area contributed by atoms with Crippen molar-refractivity contribution in [3.05, 3.63) is 42.5 Å². The van der Waals surface area contributed by atoms with Crippen molar-refractivity contribution in [2.75, 3.05) is 6.61 Å². The third-order valence-electron chi connectivity index (χ3n) is 3.47. The molecule has 0 spiro atoms. The number of benzene rings is 1. The molecule has 0 aliphatic rings. The molecule has 1 heterocycles. The summed E-state index contributed by atoms with van der Waals surface area (Å²) in [6, 6.07) is 6.82. The zero-order valence-electron chi connectivity index (χ0n) is 13.2. The number of hydrogen-bond donors (Lipinski definition) is 1. The number of carbonyl (C=O) groups excluding carboxylic acids is 2. The number of ether oxygens (including phenoxy) is 1. The minimum Gasteiger partial charge on any atom is -0.452 e. The van der Waals surface area contributed by atoms with Crippen molar-refractivity contribution >= 4 is 11.9 Å². The predicted molar refractivity (Wildman–Crippen MR) is 84.2 cm³/mol. The van der Waals surface area contributed by atoms with Gasteiger partial charge >= 0.3 is 5.97 Å². The van der Waals surface area contributed by atoms with Gasteiger partial charge in [0.15, 0.2) is 6.61 Å². The van der Waals surface area contributed by atoms with Crippen LogP contribution >= 0.6 is 0 Å². The average molecular weight is 316 g/mol. The van der Waals surface area contributed by atoms with Gasteiger partial charge in [-0.3, -0.25) is 4.79 Å². The van der Waals surface area contributed by atoms with Gasteiger partial charge in [-0.15, -0.1) is 0 Å². The van der Waals surface area contributed by atoms with E-state index in [1.807, 2.05) is 13.8 Å². The maximum atomic E-state index is 11.9. The molecule has 23 heavy (non-hydrogen) atoms. The molecule has 0 saturated heterocycles. The molecule has 0 unspecified atom stereocenters. The Bertz CT molecular complexity index is 634. The highest BCUT2D eigenvalue weighted by molar-refractivity contribution is 5.91. The Balaban J connectivity index is 1.87. The summed E-state index contributed by atoms with van der Waals surface area (Å²) in [4.78, 5) is 27.5. The summed E-state index contributed by atoms with van der Waals surface area (Å²) in [7, 11) is 0. The van der Waals surface area contributed by atoms with E-state index in [9.17, 15) is 9.59 Å². The van der Waals surface area contributed by atoms with Gasteiger partial charge in [-0.1, -0.05) is 13.8 Å². The number of nitrogens with one attached hydrogen (secondary N) is 1. The van der Waals surface area contributed by atoms with Crippen molar-refractivity contribution in [3.8, 4) is 5.69 Å². The van der Waals surface area contributed by atoms with E-state index >= 15 is 0 Å². The SMILES string of the molecule is CCC(CC)NC(=O)COC(=O)c1ccc(-n2cncn2)cc1. The van der Waals surface area contributed by atoms with Crippen LogP contribution in [0.5, 0.6) is 0 Å². The highest BCUT2D eigenvalue weighted by Gasteiger charge is 2.12. The molecule has 2 aromatic rings. The first-order valence-electron chi connectivity index (χ1n) is 7.55. The van der Waals surface area contributed by atoms with Crippen LogP contribution in [0.2, 0.25) is 0 Å². The van der Waals surface area contributed by atoms with Crippen molar-refractivity contribution in [2.24, 2.45) is 0 Å². The molecule has 122 valence electrons. The normalized spacial score (nSPS) is 10.6. The number of amides is 1. The quantitative estimate of drug-likeness (QED) is 0.786. The van der Waals surface area contributed by atoms with Crippen LogP contribution in [0.1, 0.15) is 37.0 Å². The standard InChI is InChI=1S/C16H20N4O3/c1-3-13(4-2)19-15(21)9-23-16(22)12-5-7-14(8-6-12)20-11-17-10-18-20/h5-8,10-11,13H,3-4,9H2,1-2H3,(H,19,21). The van der Waals surface area contributed by atoms with E-state index in [0.717, 1.165) is 18.5 Å². The highest BCUT2D eigenvalue weighted by atomic mass is 16.5. The monoisotopic (exact) mass is 316 g/mol. The van der Waals surface area contributed by atoms with Crippen LogP contribution in [-0.2, 0) is 9.53 Å². The summed E-state index contributed by atoms with van der Waals surface area (Å²) >= 11 is 0. The van der Waals surface area contributed by atoms with Gasteiger partial charge < -0.3 is 10.1 Å². The molecule has 7 heteroatoms. The van der Waals surface area contributed by atoms with Crippen molar-refractivity contribution in [2.45, 2.75) is 32.7 Å². The van der Waals surface area contributed by atoms with Gasteiger partial charge in [-0.05, 0) is 37.1 Å². The Labute approximate surface area is 134 Å². The fourth-order valence-electron chi connectivity index (χ4n) is 2.07. The summed E-state index contributed by atoms with van der Waals surface area (Å²) in [5, 5.41) is 6.82. The van der Waals surface area contributed by atoms with Crippen LogP contribution in [-0.4, -0.2) is 39.3 Å². The van der Waals surface area contributed by atoms with Gasteiger partial charge in [0.25, 0.3) is 5.91 Å². The summed E-state index contributed by atoms with van der Waals surface area (Å²) in [6.45, 7) is 3.72. The van der Waals surface area contributed by atoms with Crippen LogP contribution < -0.4 is 5.32 Å². The van der Waals surface area contributed by atoms with Gasteiger partial charge in [-0.25, -0.2) is 14.5 Å². The first-order valence-corrected chi connectivity index (χ1v) is 7.55. The Hall–Kier alpha value is -2.70. The second-order valence-electron chi connectivity index (χ2n) is 5.04. The lowest BCUT2D eigenvalue weighted by Crippen LogP contribution is -2.36. The lowest BCUT2D eigenvalue weighted by molar-refractivity contribution is -0.125. The minimum absolute atomic E-state index is 0.114. The fraction of sp³-hybridized carbons (Fsp3) is 0.375. The second-order valence-corrected chi connectivity index (χ2v) is 5.04. The molecule has 0 bridgehead atoms. The minimum atomic E-state index is -0.533. The Morgan fingerprint density at radius 1 is 1.22 bits per heavy atom. The van der Waals surface area contributed by atoms with E-state index in [4.69, 9.17) is 4.74 Å². The van der Waals surface area contributed by atoms with E-state index in [1.54, 1.807) is 35.3 Å². The maximum Gasteiger partial charge on any atom is 0.338 e. The first-order chi connectivity index (χ1) is 11.1. The number of rotatable bonds is 7. The van der Waals surface area contributed by atoms with Gasteiger partial charge in [0.1, 0.15) is 12.7 Å². The molecule has 0 saturated carbocycles. The van der Waals surface area contributed by atoms with Crippen LogP contribution in [0.15, 0.2) is 36.9 Å². The number of carbonyl (C=O) groups is 2. The van der Waals surface area contributed by atoms with Gasteiger partial charge in [-0.2, -0.15) is 5.10 Å². The molecule has 1 amide bonds. The zero-order chi connectivity index (χ0) is 16.7. The van der Waals surface area contributed by atoms with Crippen LogP contribution in [0.4, 0.5) is 0 Å². The molecule has 0 aliphatic heterocycles. The number of aromatic nitrogens is 3. The lowest BCUT2D eigenvalue weighted by atomic mass is 10.2. The Morgan fingerprint density at radius 3 is 2.48 bits per heavy atom. The Morgan fingerprint density at radius 2 is 1.91 bits per heavy atom. The molecule has 0 atom stereocenters. The van der Waals surface area contributed by atoms with E-state index in [-0.39, 0.29) is 18.6 Å². The summed E-state index contributed by atoms with van der Waals surface area (Å²) in [6.07, 6.45) is 4.69. The van der Waals surface area contributed by atoms with Crippen molar-refractivity contribution in [3.63, 3.8) is 0 Å². The van der Waals surface area contributed by atoms with Gasteiger partial charge in [0, 0.05) is 6.04 Å². The van der Waals surface area contributed by atoms with Crippen LogP contribution in [0.25, 0.3) is 5.69 Å². The third kappa shape index (κ3) is 4.64. The lowest BCUT2D eigenvalue weighted by Gasteiger charge is -2.14. The van der Waals surface area contributed by atoms with Crippen molar-refractivity contribution in [1.82, 2.24) is 20.1 Å². The highest BCUT2D eigenvalue weighted by Crippen LogP contribution is 2.09. The van der Waals surface area contributed by atoms with Crippen LogP contribution in [0, 0.1) is 0 Å².